The molecule has 140 valence electrons. The minimum absolute atomic E-state index is 0.309. The van der Waals surface area contributed by atoms with Crippen LogP contribution in [0.15, 0.2) is 30.3 Å². The van der Waals surface area contributed by atoms with Crippen LogP contribution in [0, 0.1) is 0 Å². The van der Waals surface area contributed by atoms with Gasteiger partial charge in [0.15, 0.2) is 0 Å². The zero-order valence-corrected chi connectivity index (χ0v) is 14.0. The molecule has 0 spiro atoms. The third-order valence-corrected chi connectivity index (χ3v) is 3.32. The van der Waals surface area contributed by atoms with Crippen LogP contribution >= 0.6 is 0 Å². The zero-order valence-electron chi connectivity index (χ0n) is 14.0. The highest BCUT2D eigenvalue weighted by Gasteiger charge is 2.17. The summed E-state index contributed by atoms with van der Waals surface area (Å²) in [6.45, 7) is 1.13. The molecule has 0 aliphatic heterocycles. The van der Waals surface area contributed by atoms with Gasteiger partial charge < -0.3 is 35.4 Å². The summed E-state index contributed by atoms with van der Waals surface area (Å²) in [5.41, 5.74) is 0.959. The van der Waals surface area contributed by atoms with E-state index in [1.54, 1.807) is 0 Å². The maximum absolute atomic E-state index is 9.26. The minimum atomic E-state index is -1.04. The molecule has 2 unspecified atom stereocenters. The van der Waals surface area contributed by atoms with E-state index in [-0.39, 0.29) is 13.2 Å². The standard InChI is InChI=1S/C11H16O4.C6H14O3/c12-6-10(14)11(7-13)15-8-9-4-2-1-3-5-9;1-2-3-5(8)6(9)4-7/h1-5,10-14H,6-8H2;5-9H,2-4H2,1H3/t10-,11-;/m1./s1. The summed E-state index contributed by atoms with van der Waals surface area (Å²) in [4.78, 5) is 0. The van der Waals surface area contributed by atoms with Gasteiger partial charge in [-0.25, -0.2) is 0 Å². The van der Waals surface area contributed by atoms with E-state index in [0.717, 1.165) is 12.0 Å². The molecular weight excluding hydrogens is 316 g/mol. The maximum Gasteiger partial charge on any atom is 0.109 e. The number of benzene rings is 1. The molecule has 0 amide bonds. The highest BCUT2D eigenvalue weighted by Crippen LogP contribution is 2.06. The second-order valence-corrected chi connectivity index (χ2v) is 5.37. The van der Waals surface area contributed by atoms with Crippen LogP contribution in [0.25, 0.3) is 0 Å². The first kappa shape index (κ1) is 22.9. The van der Waals surface area contributed by atoms with Crippen LogP contribution < -0.4 is 0 Å². The Labute approximate surface area is 142 Å². The summed E-state index contributed by atoms with van der Waals surface area (Å²) in [7, 11) is 0. The number of aliphatic hydroxyl groups is 6. The van der Waals surface area contributed by atoms with Gasteiger partial charge in [0.25, 0.3) is 0 Å². The van der Waals surface area contributed by atoms with Crippen LogP contribution in [-0.2, 0) is 11.3 Å². The van der Waals surface area contributed by atoms with E-state index in [4.69, 9.17) is 30.3 Å². The predicted octanol–water partition coefficient (Wildman–Crippen LogP) is -0.582. The maximum atomic E-state index is 9.26. The van der Waals surface area contributed by atoms with Gasteiger partial charge >= 0.3 is 0 Å². The lowest BCUT2D eigenvalue weighted by molar-refractivity contribution is -0.0860. The average Bonchev–Trinajstić information content (AvgIpc) is 2.62. The molecule has 0 bridgehead atoms. The summed E-state index contributed by atoms with van der Waals surface area (Å²) < 4.78 is 5.27. The third kappa shape index (κ3) is 9.94. The lowest BCUT2D eigenvalue weighted by Crippen LogP contribution is -2.34. The van der Waals surface area contributed by atoms with E-state index < -0.39 is 31.0 Å². The second kappa shape index (κ2) is 14.3. The topological polar surface area (TPSA) is 131 Å². The van der Waals surface area contributed by atoms with Crippen LogP contribution in [0.5, 0.6) is 0 Å². The fourth-order valence-electron chi connectivity index (χ4n) is 1.79. The average molecular weight is 346 g/mol. The molecule has 4 atom stereocenters. The van der Waals surface area contributed by atoms with Gasteiger partial charge in [-0.1, -0.05) is 43.7 Å². The first-order valence-electron chi connectivity index (χ1n) is 8.02. The Kier molecular flexibility index (Phi) is 13.7. The van der Waals surface area contributed by atoms with Gasteiger partial charge in [0, 0.05) is 0 Å². The monoisotopic (exact) mass is 346 g/mol. The van der Waals surface area contributed by atoms with Crippen molar-refractivity contribution in [3.05, 3.63) is 35.9 Å². The number of hydrogen-bond donors (Lipinski definition) is 6. The van der Waals surface area contributed by atoms with E-state index in [1.807, 2.05) is 37.3 Å². The van der Waals surface area contributed by atoms with Crippen LogP contribution in [0.2, 0.25) is 0 Å². The molecule has 1 aromatic carbocycles. The molecule has 7 heteroatoms. The molecule has 0 saturated heterocycles. The fourth-order valence-corrected chi connectivity index (χ4v) is 1.79. The van der Waals surface area contributed by atoms with E-state index in [2.05, 4.69) is 0 Å². The summed E-state index contributed by atoms with van der Waals surface area (Å²) in [5.74, 6) is 0. The lowest BCUT2D eigenvalue weighted by atomic mass is 10.1. The van der Waals surface area contributed by atoms with E-state index in [0.29, 0.717) is 13.0 Å². The van der Waals surface area contributed by atoms with Crippen LogP contribution in [-0.4, -0.2) is 74.9 Å². The Morgan fingerprint density at radius 3 is 1.88 bits per heavy atom. The molecule has 0 radical (unpaired) electrons. The van der Waals surface area contributed by atoms with Gasteiger partial charge in [-0.15, -0.1) is 0 Å². The van der Waals surface area contributed by atoms with Gasteiger partial charge in [0.1, 0.15) is 18.3 Å². The third-order valence-electron chi connectivity index (χ3n) is 3.32. The molecule has 0 heterocycles. The summed E-state index contributed by atoms with van der Waals surface area (Å²) in [5, 5.41) is 52.8. The van der Waals surface area contributed by atoms with Gasteiger partial charge in [-0.05, 0) is 12.0 Å². The van der Waals surface area contributed by atoms with Crippen molar-refractivity contribution in [1.29, 1.82) is 0 Å². The Bertz CT molecular complexity index is 388. The fraction of sp³-hybridized carbons (Fsp3) is 0.647. The van der Waals surface area contributed by atoms with Crippen molar-refractivity contribution in [3.63, 3.8) is 0 Å². The summed E-state index contributed by atoms with van der Waals surface area (Å²) in [6.07, 6.45) is -2.15. The Morgan fingerprint density at radius 1 is 0.833 bits per heavy atom. The largest absolute Gasteiger partial charge is 0.394 e. The van der Waals surface area contributed by atoms with Crippen LogP contribution in [0.3, 0.4) is 0 Å². The molecular formula is C17H30O7. The van der Waals surface area contributed by atoms with Crippen LogP contribution in [0.4, 0.5) is 0 Å². The first-order chi connectivity index (χ1) is 11.5. The molecule has 0 saturated carbocycles. The van der Waals surface area contributed by atoms with Crippen molar-refractivity contribution >= 4 is 0 Å². The molecule has 6 N–H and O–H groups in total. The van der Waals surface area contributed by atoms with Crippen molar-refractivity contribution in [1.82, 2.24) is 0 Å². The van der Waals surface area contributed by atoms with E-state index in [1.165, 1.54) is 0 Å². The van der Waals surface area contributed by atoms with Gasteiger partial charge in [0.05, 0.1) is 32.5 Å². The smallest absolute Gasteiger partial charge is 0.109 e. The molecule has 0 aliphatic carbocycles. The first-order valence-corrected chi connectivity index (χ1v) is 8.02. The van der Waals surface area contributed by atoms with Crippen LogP contribution in [0.1, 0.15) is 25.3 Å². The van der Waals surface area contributed by atoms with Crippen molar-refractivity contribution in [3.8, 4) is 0 Å². The molecule has 24 heavy (non-hydrogen) atoms. The Hall–Kier alpha value is -1.06. The summed E-state index contributed by atoms with van der Waals surface area (Å²) in [6, 6.07) is 9.44. The van der Waals surface area contributed by atoms with Crippen molar-refractivity contribution in [2.45, 2.75) is 50.8 Å². The Morgan fingerprint density at radius 2 is 1.42 bits per heavy atom. The SMILES string of the molecule is CCCC(O)C(O)CO.OC[C@@H](O)[C@@H](CO)OCc1ccccc1. The quantitative estimate of drug-likeness (QED) is 0.334. The molecule has 0 aliphatic rings. The highest BCUT2D eigenvalue weighted by molar-refractivity contribution is 5.13. The zero-order chi connectivity index (χ0) is 18.4. The molecule has 1 aromatic rings. The van der Waals surface area contributed by atoms with Crippen molar-refractivity contribution < 1.29 is 35.4 Å². The normalized spacial score (nSPS) is 15.8. The van der Waals surface area contributed by atoms with Gasteiger partial charge in [-0.3, -0.25) is 0 Å². The number of aliphatic hydroxyl groups excluding tert-OH is 6. The molecule has 7 nitrogen and oxygen atoms in total. The number of rotatable bonds is 10. The highest BCUT2D eigenvalue weighted by atomic mass is 16.5. The molecule has 1 rings (SSSR count). The Balaban J connectivity index is 0.000000506. The number of hydrogen-bond acceptors (Lipinski definition) is 7. The second-order valence-electron chi connectivity index (χ2n) is 5.37. The number of ether oxygens (including phenoxy) is 1. The van der Waals surface area contributed by atoms with Crippen molar-refractivity contribution in [2.24, 2.45) is 0 Å². The molecule has 0 aromatic heterocycles. The molecule has 0 fully saturated rings. The van der Waals surface area contributed by atoms with Crippen molar-refractivity contribution in [2.75, 3.05) is 19.8 Å². The summed E-state index contributed by atoms with van der Waals surface area (Å²) >= 11 is 0. The lowest BCUT2D eigenvalue weighted by Gasteiger charge is -2.19. The van der Waals surface area contributed by atoms with Gasteiger partial charge in [-0.2, -0.15) is 0 Å². The minimum Gasteiger partial charge on any atom is -0.394 e. The van der Waals surface area contributed by atoms with Gasteiger partial charge in [0.2, 0.25) is 0 Å². The predicted molar refractivity (Wildman–Crippen MR) is 89.2 cm³/mol. The van der Waals surface area contributed by atoms with E-state index in [9.17, 15) is 5.11 Å². The van der Waals surface area contributed by atoms with E-state index >= 15 is 0 Å².